The molecule has 0 rings (SSSR count). The van der Waals surface area contributed by atoms with Crippen LogP contribution in [0.15, 0.2) is 0 Å². The summed E-state index contributed by atoms with van der Waals surface area (Å²) in [6, 6.07) is 0.272. The number of nitrogens with two attached hydrogens (primary N) is 1. The number of nitrogens with zero attached hydrogens (tertiary/aromatic N) is 1. The molecule has 0 aromatic carbocycles. The van der Waals surface area contributed by atoms with E-state index < -0.39 is 0 Å². The molecule has 0 amide bonds. The van der Waals surface area contributed by atoms with Crippen LogP contribution in [0.2, 0.25) is 0 Å². The third-order valence-corrected chi connectivity index (χ3v) is 1.83. The van der Waals surface area contributed by atoms with Crippen molar-refractivity contribution in [2.45, 2.75) is 25.8 Å². The Morgan fingerprint density at radius 1 is 1.46 bits per heavy atom. The van der Waals surface area contributed by atoms with Crippen LogP contribution in [0.3, 0.4) is 0 Å². The molecule has 80 valence electrons. The van der Waals surface area contributed by atoms with Gasteiger partial charge in [0.2, 0.25) is 0 Å². The molecule has 0 aliphatic rings. The van der Waals surface area contributed by atoms with Gasteiger partial charge >= 0.3 is 0 Å². The smallest absolute Gasteiger partial charge is 0.0633 e. The van der Waals surface area contributed by atoms with E-state index in [2.05, 4.69) is 31.3 Å². The Hall–Kier alpha value is -0.160. The Labute approximate surface area is 81.4 Å². The SMILES string of the molecule is CCCOCC(CCN(C)C)NN. The normalized spacial score (nSPS) is 13.6. The monoisotopic (exact) mass is 189 g/mol. The molecule has 0 spiro atoms. The highest BCUT2D eigenvalue weighted by Crippen LogP contribution is 1.94. The highest BCUT2D eigenvalue weighted by atomic mass is 16.5. The highest BCUT2D eigenvalue weighted by molar-refractivity contribution is 4.63. The van der Waals surface area contributed by atoms with E-state index in [4.69, 9.17) is 10.6 Å². The van der Waals surface area contributed by atoms with Crippen molar-refractivity contribution >= 4 is 0 Å². The zero-order valence-electron chi connectivity index (χ0n) is 9.05. The molecule has 0 heterocycles. The van der Waals surface area contributed by atoms with Gasteiger partial charge in [0, 0.05) is 12.6 Å². The summed E-state index contributed by atoms with van der Waals surface area (Å²) in [5.41, 5.74) is 2.76. The summed E-state index contributed by atoms with van der Waals surface area (Å²) in [7, 11) is 4.11. The van der Waals surface area contributed by atoms with Gasteiger partial charge in [-0.05, 0) is 33.5 Å². The van der Waals surface area contributed by atoms with Crippen molar-refractivity contribution in [3.63, 3.8) is 0 Å². The van der Waals surface area contributed by atoms with Crippen molar-refractivity contribution in [1.82, 2.24) is 10.3 Å². The first-order valence-electron chi connectivity index (χ1n) is 4.89. The molecule has 0 radical (unpaired) electrons. The summed E-state index contributed by atoms with van der Waals surface area (Å²) < 4.78 is 5.41. The van der Waals surface area contributed by atoms with Gasteiger partial charge in [-0.2, -0.15) is 0 Å². The van der Waals surface area contributed by atoms with E-state index in [1.54, 1.807) is 0 Å². The molecule has 0 aromatic heterocycles. The van der Waals surface area contributed by atoms with Crippen LogP contribution in [-0.4, -0.2) is 44.8 Å². The van der Waals surface area contributed by atoms with E-state index in [0.717, 1.165) is 26.0 Å². The van der Waals surface area contributed by atoms with Crippen molar-refractivity contribution in [2.24, 2.45) is 5.84 Å². The standard InChI is InChI=1S/C9H23N3O/c1-4-7-13-8-9(11-10)5-6-12(2)3/h9,11H,4-8,10H2,1-3H3. The molecule has 0 aromatic rings. The van der Waals surface area contributed by atoms with Crippen LogP contribution in [0.4, 0.5) is 0 Å². The second kappa shape index (κ2) is 8.44. The second-order valence-electron chi connectivity index (χ2n) is 3.53. The number of hydrogen-bond donors (Lipinski definition) is 2. The molecule has 4 heteroatoms. The van der Waals surface area contributed by atoms with Gasteiger partial charge < -0.3 is 9.64 Å². The van der Waals surface area contributed by atoms with E-state index in [-0.39, 0.29) is 6.04 Å². The minimum absolute atomic E-state index is 0.272. The Morgan fingerprint density at radius 3 is 2.62 bits per heavy atom. The first kappa shape index (κ1) is 12.8. The first-order chi connectivity index (χ1) is 6.20. The summed E-state index contributed by atoms with van der Waals surface area (Å²) in [4.78, 5) is 2.14. The zero-order valence-corrected chi connectivity index (χ0v) is 9.05. The maximum Gasteiger partial charge on any atom is 0.0633 e. The molecule has 1 unspecified atom stereocenters. The summed E-state index contributed by atoms with van der Waals surface area (Å²) in [6.07, 6.45) is 2.08. The van der Waals surface area contributed by atoms with Crippen molar-refractivity contribution in [1.29, 1.82) is 0 Å². The van der Waals surface area contributed by atoms with Crippen LogP contribution in [0.1, 0.15) is 19.8 Å². The fraction of sp³-hybridized carbons (Fsp3) is 1.00. The van der Waals surface area contributed by atoms with E-state index >= 15 is 0 Å². The van der Waals surface area contributed by atoms with E-state index in [9.17, 15) is 0 Å². The van der Waals surface area contributed by atoms with Gasteiger partial charge in [0.25, 0.3) is 0 Å². The van der Waals surface area contributed by atoms with Crippen molar-refractivity contribution in [2.75, 3.05) is 33.9 Å². The van der Waals surface area contributed by atoms with Crippen molar-refractivity contribution < 1.29 is 4.74 Å². The molecule has 0 aliphatic carbocycles. The van der Waals surface area contributed by atoms with E-state index in [1.165, 1.54) is 0 Å². The maximum absolute atomic E-state index is 5.41. The van der Waals surface area contributed by atoms with Crippen LogP contribution in [-0.2, 0) is 4.74 Å². The van der Waals surface area contributed by atoms with Gasteiger partial charge in [-0.3, -0.25) is 11.3 Å². The second-order valence-corrected chi connectivity index (χ2v) is 3.53. The van der Waals surface area contributed by atoms with Gasteiger partial charge in [-0.15, -0.1) is 0 Å². The van der Waals surface area contributed by atoms with Crippen molar-refractivity contribution in [3.8, 4) is 0 Å². The number of nitrogens with one attached hydrogen (secondary N) is 1. The summed E-state index contributed by atoms with van der Waals surface area (Å²) in [5, 5.41) is 0. The quantitative estimate of drug-likeness (QED) is 0.325. The Kier molecular flexibility index (Phi) is 8.33. The fourth-order valence-corrected chi connectivity index (χ4v) is 0.999. The first-order valence-corrected chi connectivity index (χ1v) is 4.89. The molecule has 0 aliphatic heterocycles. The Morgan fingerprint density at radius 2 is 2.15 bits per heavy atom. The third-order valence-electron chi connectivity index (χ3n) is 1.83. The topological polar surface area (TPSA) is 50.5 Å². The fourth-order valence-electron chi connectivity index (χ4n) is 0.999. The van der Waals surface area contributed by atoms with Crippen LogP contribution in [0.25, 0.3) is 0 Å². The summed E-state index contributed by atoms with van der Waals surface area (Å²) in [6.45, 7) is 4.66. The Balaban J connectivity index is 3.39. The summed E-state index contributed by atoms with van der Waals surface area (Å²) >= 11 is 0. The lowest BCUT2D eigenvalue weighted by Crippen LogP contribution is -2.40. The average Bonchev–Trinajstić information content (AvgIpc) is 2.10. The minimum Gasteiger partial charge on any atom is -0.380 e. The van der Waals surface area contributed by atoms with Crippen LogP contribution >= 0.6 is 0 Å². The van der Waals surface area contributed by atoms with Gasteiger partial charge in [0.1, 0.15) is 0 Å². The number of rotatable bonds is 8. The lowest BCUT2D eigenvalue weighted by Gasteiger charge is -2.18. The Bertz CT molecular complexity index is 109. The molecule has 0 saturated heterocycles. The minimum atomic E-state index is 0.272. The predicted octanol–water partition coefficient (Wildman–Crippen LogP) is 0.197. The van der Waals surface area contributed by atoms with Crippen LogP contribution in [0, 0.1) is 0 Å². The lowest BCUT2D eigenvalue weighted by atomic mass is 10.2. The molecule has 1 atom stereocenters. The van der Waals surface area contributed by atoms with Crippen LogP contribution in [0.5, 0.6) is 0 Å². The summed E-state index contributed by atoms with van der Waals surface area (Å²) in [5.74, 6) is 5.39. The highest BCUT2D eigenvalue weighted by Gasteiger charge is 2.06. The largest absolute Gasteiger partial charge is 0.380 e. The predicted molar refractivity (Wildman–Crippen MR) is 55.4 cm³/mol. The van der Waals surface area contributed by atoms with Gasteiger partial charge in [0.15, 0.2) is 0 Å². The van der Waals surface area contributed by atoms with Gasteiger partial charge in [-0.1, -0.05) is 6.92 Å². The van der Waals surface area contributed by atoms with Crippen LogP contribution < -0.4 is 11.3 Å². The molecule has 3 N–H and O–H groups in total. The molecule has 0 fully saturated rings. The lowest BCUT2D eigenvalue weighted by molar-refractivity contribution is 0.107. The molecular formula is C9H23N3O. The molecular weight excluding hydrogens is 166 g/mol. The number of ether oxygens (including phenoxy) is 1. The van der Waals surface area contributed by atoms with E-state index in [0.29, 0.717) is 6.61 Å². The number of hydrazine groups is 1. The molecule has 0 bridgehead atoms. The molecule has 0 saturated carbocycles. The van der Waals surface area contributed by atoms with Gasteiger partial charge in [-0.25, -0.2) is 0 Å². The zero-order chi connectivity index (χ0) is 10.1. The number of hydrogen-bond acceptors (Lipinski definition) is 4. The average molecular weight is 189 g/mol. The van der Waals surface area contributed by atoms with Crippen molar-refractivity contribution in [3.05, 3.63) is 0 Å². The maximum atomic E-state index is 5.41. The van der Waals surface area contributed by atoms with Gasteiger partial charge in [0.05, 0.1) is 6.61 Å². The molecule has 4 nitrogen and oxygen atoms in total. The third kappa shape index (κ3) is 8.18. The van der Waals surface area contributed by atoms with E-state index in [1.807, 2.05) is 0 Å². The molecule has 13 heavy (non-hydrogen) atoms.